The van der Waals surface area contributed by atoms with Gasteiger partial charge in [0.25, 0.3) is 0 Å². The van der Waals surface area contributed by atoms with E-state index in [2.05, 4.69) is 148 Å². The Bertz CT molecular complexity index is 1620. The largest absolute Gasteiger partial charge is 0.472 e. The minimum atomic E-state index is -4.40. The number of hydrogen-bond donors (Lipinski definition) is 2. The molecule has 0 saturated heterocycles. The molecule has 10 heteroatoms. The van der Waals surface area contributed by atoms with Crippen LogP contribution in [0.15, 0.2) is 134 Å². The second-order valence-electron chi connectivity index (χ2n) is 17.7. The molecule has 0 heterocycles. The molecule has 0 aromatic carbocycles. The molecular formula is C61H100NO8P. The van der Waals surface area contributed by atoms with Crippen LogP contribution in [0.5, 0.6) is 0 Å². The van der Waals surface area contributed by atoms with E-state index in [1.54, 1.807) is 0 Å². The minimum Gasteiger partial charge on any atom is -0.462 e. The fraction of sp³-hybridized carbons (Fsp3) is 0.607. The van der Waals surface area contributed by atoms with Crippen LogP contribution >= 0.6 is 7.82 Å². The van der Waals surface area contributed by atoms with E-state index in [9.17, 15) is 19.0 Å². The zero-order valence-corrected chi connectivity index (χ0v) is 45.5. The number of carbonyl (C=O) groups excluding carboxylic acids is 2. The number of phosphoric acid groups is 1. The maximum atomic E-state index is 12.7. The number of rotatable bonds is 50. The van der Waals surface area contributed by atoms with Crippen LogP contribution in [0.2, 0.25) is 0 Å². The number of esters is 2. The lowest BCUT2D eigenvalue weighted by Gasteiger charge is -2.19. The van der Waals surface area contributed by atoms with E-state index in [4.69, 9.17) is 24.3 Å². The summed E-state index contributed by atoms with van der Waals surface area (Å²) in [6.45, 7) is 3.46. The second kappa shape index (κ2) is 55.5. The molecule has 0 aliphatic rings. The van der Waals surface area contributed by atoms with Gasteiger partial charge in [0.2, 0.25) is 0 Å². The van der Waals surface area contributed by atoms with Crippen molar-refractivity contribution < 1.29 is 37.6 Å². The van der Waals surface area contributed by atoms with E-state index >= 15 is 0 Å². The molecule has 3 N–H and O–H groups in total. The number of phosphoric ester groups is 1. The van der Waals surface area contributed by atoms with Gasteiger partial charge in [-0.3, -0.25) is 18.6 Å². The number of carbonyl (C=O) groups is 2. The van der Waals surface area contributed by atoms with Crippen molar-refractivity contribution >= 4 is 19.8 Å². The summed E-state index contributed by atoms with van der Waals surface area (Å²) in [4.78, 5) is 35.1. The number of ether oxygens (including phenoxy) is 2. The summed E-state index contributed by atoms with van der Waals surface area (Å²) in [5.74, 6) is -0.869. The summed E-state index contributed by atoms with van der Waals surface area (Å²) in [5, 5.41) is 0. The molecule has 0 aliphatic carbocycles. The van der Waals surface area contributed by atoms with Crippen molar-refractivity contribution in [1.29, 1.82) is 0 Å². The lowest BCUT2D eigenvalue weighted by Crippen LogP contribution is -2.29. The van der Waals surface area contributed by atoms with Crippen molar-refractivity contribution in [1.82, 2.24) is 0 Å². The van der Waals surface area contributed by atoms with Gasteiger partial charge < -0.3 is 20.1 Å². The third-order valence-corrected chi connectivity index (χ3v) is 12.0. The highest BCUT2D eigenvalue weighted by atomic mass is 31.2. The second-order valence-corrected chi connectivity index (χ2v) is 19.1. The first-order valence-corrected chi connectivity index (χ1v) is 29.2. The van der Waals surface area contributed by atoms with E-state index < -0.39 is 32.5 Å². The van der Waals surface area contributed by atoms with Gasteiger partial charge in [-0.1, -0.05) is 218 Å². The monoisotopic (exact) mass is 1010 g/mol. The quantitative estimate of drug-likeness (QED) is 0.0264. The number of allylic oxidation sites excluding steroid dienone is 22. The first-order valence-electron chi connectivity index (χ1n) is 27.7. The molecule has 402 valence electrons. The molecule has 0 spiro atoms. The van der Waals surface area contributed by atoms with Gasteiger partial charge in [-0.25, -0.2) is 4.57 Å². The van der Waals surface area contributed by atoms with Gasteiger partial charge in [-0.05, 0) is 109 Å². The van der Waals surface area contributed by atoms with Crippen molar-refractivity contribution in [2.45, 2.75) is 213 Å². The minimum absolute atomic E-state index is 0.0423. The average Bonchev–Trinajstić information content (AvgIpc) is 3.36. The zero-order valence-electron chi connectivity index (χ0n) is 44.7. The van der Waals surface area contributed by atoms with Crippen molar-refractivity contribution in [3.8, 4) is 0 Å². The fourth-order valence-corrected chi connectivity index (χ4v) is 7.78. The summed E-state index contributed by atoms with van der Waals surface area (Å²) in [7, 11) is -4.40. The Morgan fingerprint density at radius 2 is 0.732 bits per heavy atom. The smallest absolute Gasteiger partial charge is 0.462 e. The van der Waals surface area contributed by atoms with Gasteiger partial charge in [-0.15, -0.1) is 0 Å². The summed E-state index contributed by atoms with van der Waals surface area (Å²) in [5.41, 5.74) is 5.37. The van der Waals surface area contributed by atoms with E-state index in [0.717, 1.165) is 122 Å². The summed E-state index contributed by atoms with van der Waals surface area (Å²) < 4.78 is 32.9. The highest BCUT2D eigenvalue weighted by molar-refractivity contribution is 7.47. The predicted octanol–water partition coefficient (Wildman–Crippen LogP) is 17.4. The van der Waals surface area contributed by atoms with Gasteiger partial charge in [0, 0.05) is 19.4 Å². The molecule has 0 aromatic rings. The molecular weight excluding hydrogens is 906 g/mol. The molecule has 9 nitrogen and oxygen atoms in total. The van der Waals surface area contributed by atoms with Crippen LogP contribution in [-0.2, 0) is 32.7 Å². The maximum Gasteiger partial charge on any atom is 0.472 e. The van der Waals surface area contributed by atoms with Crippen LogP contribution < -0.4 is 5.73 Å². The summed E-state index contributed by atoms with van der Waals surface area (Å²) >= 11 is 0. The number of hydrogen-bond acceptors (Lipinski definition) is 8. The lowest BCUT2D eigenvalue weighted by molar-refractivity contribution is -0.161. The van der Waals surface area contributed by atoms with Crippen LogP contribution in [0.1, 0.15) is 206 Å². The van der Waals surface area contributed by atoms with Crippen LogP contribution in [0.4, 0.5) is 0 Å². The molecule has 71 heavy (non-hydrogen) atoms. The van der Waals surface area contributed by atoms with Gasteiger partial charge in [0.15, 0.2) is 6.10 Å². The van der Waals surface area contributed by atoms with Gasteiger partial charge >= 0.3 is 19.8 Å². The number of unbranched alkanes of at least 4 members (excludes halogenated alkanes) is 15. The van der Waals surface area contributed by atoms with E-state index in [0.29, 0.717) is 12.8 Å². The predicted molar refractivity (Wildman–Crippen MR) is 302 cm³/mol. The van der Waals surface area contributed by atoms with Gasteiger partial charge in [0.1, 0.15) is 6.61 Å². The Kier molecular flexibility index (Phi) is 52.5. The highest BCUT2D eigenvalue weighted by Gasteiger charge is 2.26. The van der Waals surface area contributed by atoms with E-state index in [1.807, 2.05) is 0 Å². The van der Waals surface area contributed by atoms with Crippen LogP contribution in [0.3, 0.4) is 0 Å². The zero-order chi connectivity index (χ0) is 51.7. The molecule has 0 fully saturated rings. The highest BCUT2D eigenvalue weighted by Crippen LogP contribution is 2.43. The molecule has 0 aliphatic heterocycles. The maximum absolute atomic E-state index is 12.7. The van der Waals surface area contributed by atoms with E-state index in [1.165, 1.54) is 44.9 Å². The molecule has 0 saturated carbocycles. The first-order chi connectivity index (χ1) is 34.8. The van der Waals surface area contributed by atoms with Crippen LogP contribution in [-0.4, -0.2) is 49.3 Å². The Hall–Kier alpha value is -3.85. The molecule has 0 aromatic heterocycles. The van der Waals surface area contributed by atoms with Gasteiger partial charge in [-0.2, -0.15) is 0 Å². The van der Waals surface area contributed by atoms with Crippen molar-refractivity contribution in [2.75, 3.05) is 26.4 Å². The first kappa shape index (κ1) is 67.1. The lowest BCUT2D eigenvalue weighted by atomic mass is 10.0. The molecule has 2 unspecified atom stereocenters. The molecule has 0 radical (unpaired) electrons. The number of nitrogens with two attached hydrogens (primary N) is 1. The average molecular weight is 1010 g/mol. The summed E-state index contributed by atoms with van der Waals surface area (Å²) in [6.07, 6.45) is 77.9. The molecule has 2 atom stereocenters. The Morgan fingerprint density at radius 1 is 0.423 bits per heavy atom. The Balaban J connectivity index is 4.03. The normalized spacial score (nSPS) is 14.1. The molecule has 0 rings (SSSR count). The Labute approximate surface area is 434 Å². The van der Waals surface area contributed by atoms with E-state index in [-0.39, 0.29) is 32.6 Å². The van der Waals surface area contributed by atoms with Gasteiger partial charge in [0.05, 0.1) is 13.2 Å². The summed E-state index contributed by atoms with van der Waals surface area (Å²) in [6, 6.07) is 0. The molecule has 0 amide bonds. The van der Waals surface area contributed by atoms with Crippen LogP contribution in [0.25, 0.3) is 0 Å². The Morgan fingerprint density at radius 3 is 1.08 bits per heavy atom. The van der Waals surface area contributed by atoms with Crippen LogP contribution in [0, 0.1) is 0 Å². The third-order valence-electron chi connectivity index (χ3n) is 11.0. The SMILES string of the molecule is CC/C=C\C/C=C\C/C=C\C/C=C\C/C=C\C/C=C\C/C=C\CCCCCCCCCCCCCC(=O)OC(COC(=O)CCCCCC/C=C\C/C=C\C/C=C\C/C=C\CC)COP(=O)(O)OCCN. The topological polar surface area (TPSA) is 134 Å². The van der Waals surface area contributed by atoms with Crippen molar-refractivity contribution in [3.63, 3.8) is 0 Å². The van der Waals surface area contributed by atoms with Crippen molar-refractivity contribution in [3.05, 3.63) is 134 Å². The van der Waals surface area contributed by atoms with Crippen molar-refractivity contribution in [2.24, 2.45) is 5.73 Å². The molecule has 0 bridgehead atoms. The fourth-order valence-electron chi connectivity index (χ4n) is 7.02. The third kappa shape index (κ3) is 55.3. The standard InChI is InChI=1S/C61H100NO8P/c1-3-5-7-9-11-13-15-17-19-21-22-23-24-25-26-27-28-29-30-31-32-33-34-35-36-38-40-42-44-46-48-50-52-54-61(64)70-59(58-69-71(65,66)68-56-55-62)57-67-60(63)53-51-49-47-45-43-41-39-37-20-18-16-14-12-10-8-6-4-2/h5-8,11-14,17-20,22-23,25-26,28-29,31-32,39,41,59H,3-4,9-10,15-16,21,24,27,30,33-38,40,42-58,62H2,1-2H3,(H,65,66)/b7-5-,8-6-,13-11-,14-12-,19-17-,20-18-,23-22-,26-25-,29-28-,32-31-,41-39-.